The first-order valence-corrected chi connectivity index (χ1v) is 8.57. The molecule has 0 bridgehead atoms. The van der Waals surface area contributed by atoms with Crippen molar-refractivity contribution in [2.75, 3.05) is 26.3 Å². The Morgan fingerprint density at radius 3 is 2.83 bits per heavy atom. The van der Waals surface area contributed by atoms with Gasteiger partial charge in [-0.15, -0.1) is 0 Å². The second-order valence-corrected chi connectivity index (χ2v) is 6.40. The van der Waals surface area contributed by atoms with E-state index in [9.17, 15) is 4.79 Å². The van der Waals surface area contributed by atoms with E-state index in [-0.39, 0.29) is 18.1 Å². The minimum Gasteiger partial charge on any atom is -0.376 e. The van der Waals surface area contributed by atoms with Gasteiger partial charge < -0.3 is 14.4 Å². The highest BCUT2D eigenvalue weighted by Crippen LogP contribution is 2.19. The van der Waals surface area contributed by atoms with Crippen LogP contribution in [0.1, 0.15) is 47.4 Å². The van der Waals surface area contributed by atoms with Crippen molar-refractivity contribution in [2.45, 2.75) is 44.8 Å². The van der Waals surface area contributed by atoms with Gasteiger partial charge in [-0.1, -0.05) is 0 Å². The average molecular weight is 329 g/mol. The third-order valence-corrected chi connectivity index (χ3v) is 4.70. The van der Waals surface area contributed by atoms with Crippen LogP contribution in [0.4, 0.5) is 0 Å². The Morgan fingerprint density at radius 2 is 2.21 bits per heavy atom. The predicted octanol–water partition coefficient (Wildman–Crippen LogP) is 2.06. The molecule has 0 saturated carbocycles. The quantitative estimate of drug-likeness (QED) is 0.845. The van der Waals surface area contributed by atoms with Crippen LogP contribution in [0.25, 0.3) is 0 Å². The lowest BCUT2D eigenvalue weighted by atomic mass is 10.1. The molecule has 1 aromatic heterocycles. The molecule has 0 aromatic carbocycles. The molecular weight excluding hydrogens is 306 g/mol. The number of carbonyl (C=O) groups is 1. The van der Waals surface area contributed by atoms with Crippen LogP contribution in [0.15, 0.2) is 12.1 Å². The number of amides is 1. The van der Waals surface area contributed by atoms with Crippen LogP contribution in [0.2, 0.25) is 0 Å². The van der Waals surface area contributed by atoms with E-state index in [1.807, 2.05) is 4.90 Å². The van der Waals surface area contributed by atoms with Crippen LogP contribution in [0.3, 0.4) is 0 Å². The highest BCUT2D eigenvalue weighted by molar-refractivity contribution is 5.92. The summed E-state index contributed by atoms with van der Waals surface area (Å²) in [6, 6.07) is 5.36. The number of nitrogens with zero attached hydrogens (tertiary/aromatic N) is 3. The molecule has 6 heteroatoms. The molecule has 3 rings (SSSR count). The first-order chi connectivity index (χ1) is 11.7. The maximum Gasteiger partial charge on any atom is 0.272 e. The Bertz CT molecular complexity index is 627. The number of piperidine rings is 1. The number of pyridine rings is 1. The van der Waals surface area contributed by atoms with E-state index < -0.39 is 0 Å². The van der Waals surface area contributed by atoms with Crippen molar-refractivity contribution in [1.29, 1.82) is 5.26 Å². The largest absolute Gasteiger partial charge is 0.376 e. The smallest absolute Gasteiger partial charge is 0.272 e. The van der Waals surface area contributed by atoms with Crippen molar-refractivity contribution < 1.29 is 14.3 Å². The van der Waals surface area contributed by atoms with Gasteiger partial charge in [0.15, 0.2) is 0 Å². The number of rotatable bonds is 4. The summed E-state index contributed by atoms with van der Waals surface area (Å²) >= 11 is 0. The first-order valence-electron chi connectivity index (χ1n) is 8.57. The fourth-order valence-electron chi connectivity index (χ4n) is 3.21. The maximum atomic E-state index is 12.5. The van der Waals surface area contributed by atoms with Gasteiger partial charge in [0.1, 0.15) is 11.8 Å². The minimum absolute atomic E-state index is 0.0693. The second-order valence-electron chi connectivity index (χ2n) is 6.40. The Labute approximate surface area is 142 Å². The lowest BCUT2D eigenvalue weighted by Crippen LogP contribution is -2.41. The van der Waals surface area contributed by atoms with Crippen molar-refractivity contribution >= 4 is 5.91 Å². The standard InChI is InChI=1S/C18H23N3O3/c1-13-14(11-19)4-5-17(20-13)18(22)21-8-6-15(7-9-21)24-12-16-3-2-10-23-16/h4-5,15-16H,2-3,6-10,12H2,1H3. The molecule has 0 aliphatic carbocycles. The van der Waals surface area contributed by atoms with Crippen molar-refractivity contribution in [3.8, 4) is 6.07 Å². The zero-order chi connectivity index (χ0) is 16.9. The van der Waals surface area contributed by atoms with Gasteiger partial charge >= 0.3 is 0 Å². The van der Waals surface area contributed by atoms with Gasteiger partial charge in [-0.3, -0.25) is 4.79 Å². The fraction of sp³-hybridized carbons (Fsp3) is 0.611. The maximum absolute atomic E-state index is 12.5. The molecule has 2 aliphatic heterocycles. The number of aryl methyl sites for hydroxylation is 1. The van der Waals surface area contributed by atoms with Crippen molar-refractivity contribution in [3.05, 3.63) is 29.1 Å². The van der Waals surface area contributed by atoms with Gasteiger partial charge in [-0.25, -0.2) is 4.98 Å². The number of likely N-dealkylation sites (tertiary alicyclic amines) is 1. The number of nitriles is 1. The van der Waals surface area contributed by atoms with Crippen LogP contribution in [0.5, 0.6) is 0 Å². The molecule has 128 valence electrons. The molecule has 1 unspecified atom stereocenters. The molecular formula is C18H23N3O3. The molecule has 2 saturated heterocycles. The topological polar surface area (TPSA) is 75.5 Å². The molecule has 2 fully saturated rings. The summed E-state index contributed by atoms with van der Waals surface area (Å²) in [6.45, 7) is 4.61. The van der Waals surface area contributed by atoms with Gasteiger partial charge in [-0.2, -0.15) is 5.26 Å². The van der Waals surface area contributed by atoms with Gasteiger partial charge in [0.2, 0.25) is 0 Å². The van der Waals surface area contributed by atoms with Crippen LogP contribution in [-0.2, 0) is 9.47 Å². The highest BCUT2D eigenvalue weighted by Gasteiger charge is 2.26. The van der Waals surface area contributed by atoms with Gasteiger partial charge in [-0.05, 0) is 44.7 Å². The van der Waals surface area contributed by atoms with Gasteiger partial charge in [0.05, 0.1) is 30.1 Å². The molecule has 0 N–H and O–H groups in total. The van der Waals surface area contributed by atoms with E-state index in [2.05, 4.69) is 11.1 Å². The minimum atomic E-state index is -0.0693. The Kier molecular flexibility index (Phi) is 5.44. The number of ether oxygens (including phenoxy) is 2. The predicted molar refractivity (Wildman–Crippen MR) is 87.5 cm³/mol. The van der Waals surface area contributed by atoms with E-state index in [0.29, 0.717) is 36.6 Å². The molecule has 1 atom stereocenters. The van der Waals surface area contributed by atoms with Crippen LogP contribution < -0.4 is 0 Å². The monoisotopic (exact) mass is 329 g/mol. The molecule has 24 heavy (non-hydrogen) atoms. The van der Waals surface area contributed by atoms with Crippen molar-refractivity contribution in [1.82, 2.24) is 9.88 Å². The van der Waals surface area contributed by atoms with E-state index in [0.717, 1.165) is 32.3 Å². The number of hydrogen-bond donors (Lipinski definition) is 0. The number of carbonyl (C=O) groups excluding carboxylic acids is 1. The average Bonchev–Trinajstić information content (AvgIpc) is 3.13. The van der Waals surface area contributed by atoms with Crippen LogP contribution >= 0.6 is 0 Å². The van der Waals surface area contributed by atoms with E-state index in [1.165, 1.54) is 0 Å². The molecule has 1 aromatic rings. The van der Waals surface area contributed by atoms with E-state index in [4.69, 9.17) is 14.7 Å². The third kappa shape index (κ3) is 3.92. The Hall–Kier alpha value is -1.97. The third-order valence-electron chi connectivity index (χ3n) is 4.70. The van der Waals surface area contributed by atoms with E-state index >= 15 is 0 Å². The first kappa shape index (κ1) is 16.9. The summed E-state index contributed by atoms with van der Waals surface area (Å²) in [7, 11) is 0. The number of hydrogen-bond acceptors (Lipinski definition) is 5. The summed E-state index contributed by atoms with van der Waals surface area (Å²) in [5.41, 5.74) is 1.51. The summed E-state index contributed by atoms with van der Waals surface area (Å²) in [5, 5.41) is 8.95. The summed E-state index contributed by atoms with van der Waals surface area (Å²) < 4.78 is 11.5. The molecule has 1 amide bonds. The molecule has 0 spiro atoms. The van der Waals surface area contributed by atoms with Gasteiger partial charge in [0, 0.05) is 19.7 Å². The summed E-state index contributed by atoms with van der Waals surface area (Å²) in [6.07, 6.45) is 4.34. The SMILES string of the molecule is Cc1nc(C(=O)N2CCC(OCC3CCCO3)CC2)ccc1C#N. The zero-order valence-corrected chi connectivity index (χ0v) is 14.0. The van der Waals surface area contributed by atoms with Crippen molar-refractivity contribution in [2.24, 2.45) is 0 Å². The second kappa shape index (κ2) is 7.73. The zero-order valence-electron chi connectivity index (χ0n) is 14.0. The Balaban J connectivity index is 1.49. The fourth-order valence-corrected chi connectivity index (χ4v) is 3.21. The van der Waals surface area contributed by atoms with E-state index in [1.54, 1.807) is 19.1 Å². The van der Waals surface area contributed by atoms with Crippen LogP contribution in [-0.4, -0.2) is 54.3 Å². The lowest BCUT2D eigenvalue weighted by molar-refractivity contribution is -0.0395. The van der Waals surface area contributed by atoms with Gasteiger partial charge in [0.25, 0.3) is 5.91 Å². The summed E-state index contributed by atoms with van der Waals surface area (Å²) in [4.78, 5) is 18.6. The number of aromatic nitrogens is 1. The van der Waals surface area contributed by atoms with Crippen molar-refractivity contribution in [3.63, 3.8) is 0 Å². The molecule has 0 radical (unpaired) electrons. The molecule has 3 heterocycles. The summed E-state index contributed by atoms with van der Waals surface area (Å²) in [5.74, 6) is -0.0693. The lowest BCUT2D eigenvalue weighted by Gasteiger charge is -2.32. The molecule has 6 nitrogen and oxygen atoms in total. The normalized spacial score (nSPS) is 21.7. The Morgan fingerprint density at radius 1 is 1.42 bits per heavy atom. The molecule has 2 aliphatic rings. The van der Waals surface area contributed by atoms with Crippen LogP contribution in [0, 0.1) is 18.3 Å². The highest BCUT2D eigenvalue weighted by atomic mass is 16.5.